The quantitative estimate of drug-likeness (QED) is 0.510. The van der Waals surface area contributed by atoms with Gasteiger partial charge < -0.3 is 19.5 Å². The fraction of sp³-hybridized carbons (Fsp3) is 0.379. The smallest absolute Gasteiger partial charge is 0.337 e. The zero-order chi connectivity index (χ0) is 26.0. The van der Waals surface area contributed by atoms with E-state index in [0.717, 1.165) is 5.56 Å². The maximum absolute atomic E-state index is 15.1. The predicted molar refractivity (Wildman–Crippen MR) is 134 cm³/mol. The number of Topliss-reactive ketones (excluding diaryl/α,β-unsaturated/α-hetero) is 1. The van der Waals surface area contributed by atoms with E-state index in [0.29, 0.717) is 46.9 Å². The van der Waals surface area contributed by atoms with Crippen molar-refractivity contribution in [1.82, 2.24) is 5.32 Å². The Balaban J connectivity index is 1.77. The Bertz CT molecular complexity index is 1250. The molecule has 1 aliphatic heterocycles. The molecule has 36 heavy (non-hydrogen) atoms. The van der Waals surface area contributed by atoms with Crippen LogP contribution in [0.4, 0.5) is 4.39 Å². The summed E-state index contributed by atoms with van der Waals surface area (Å²) in [5, 5.41) is 3.30. The number of hydrogen-bond donors (Lipinski definition) is 1. The topological polar surface area (TPSA) is 73.9 Å². The lowest BCUT2D eigenvalue weighted by molar-refractivity contribution is -0.144. The first-order valence-electron chi connectivity index (χ1n) is 12.2. The first-order chi connectivity index (χ1) is 17.3. The number of halogens is 1. The maximum Gasteiger partial charge on any atom is 0.337 e. The number of allylic oxidation sites excluding steroid dienone is 3. The number of hydrogen-bond acceptors (Lipinski definition) is 6. The summed E-state index contributed by atoms with van der Waals surface area (Å²) in [6.45, 7) is 5.51. The van der Waals surface area contributed by atoms with Gasteiger partial charge in [0.25, 0.3) is 0 Å². The van der Waals surface area contributed by atoms with E-state index >= 15 is 4.39 Å². The van der Waals surface area contributed by atoms with Crippen molar-refractivity contribution in [2.24, 2.45) is 0 Å². The Labute approximate surface area is 211 Å². The van der Waals surface area contributed by atoms with Gasteiger partial charge in [-0.25, -0.2) is 9.18 Å². The molecule has 1 N–H and O–H groups in total. The van der Waals surface area contributed by atoms with Gasteiger partial charge in [0.2, 0.25) is 0 Å². The van der Waals surface area contributed by atoms with Crippen LogP contribution >= 0.6 is 0 Å². The summed E-state index contributed by atoms with van der Waals surface area (Å²) in [6, 6.07) is 11.9. The monoisotopic (exact) mass is 493 g/mol. The normalized spacial score (nSPS) is 20.4. The minimum absolute atomic E-state index is 0.105. The molecule has 2 aromatic rings. The molecular formula is C29H32FNO5. The maximum atomic E-state index is 15.1. The molecule has 2 aliphatic rings. The lowest BCUT2D eigenvalue weighted by atomic mass is 9.71. The number of ketones is 1. The van der Waals surface area contributed by atoms with Gasteiger partial charge in [-0.05, 0) is 56.4 Å². The molecule has 4 rings (SSSR count). The third kappa shape index (κ3) is 4.74. The Morgan fingerprint density at radius 1 is 1.11 bits per heavy atom. The first kappa shape index (κ1) is 25.5. The van der Waals surface area contributed by atoms with Crippen LogP contribution in [0.3, 0.4) is 0 Å². The van der Waals surface area contributed by atoms with E-state index in [-0.39, 0.29) is 29.8 Å². The average molecular weight is 494 g/mol. The molecule has 0 saturated heterocycles. The van der Waals surface area contributed by atoms with E-state index in [1.54, 1.807) is 39.3 Å². The predicted octanol–water partition coefficient (Wildman–Crippen LogP) is 5.55. The van der Waals surface area contributed by atoms with E-state index in [1.165, 1.54) is 6.07 Å². The Kier molecular flexibility index (Phi) is 7.48. The van der Waals surface area contributed by atoms with E-state index in [9.17, 15) is 9.59 Å². The van der Waals surface area contributed by atoms with Gasteiger partial charge in [0.1, 0.15) is 5.82 Å². The molecular weight excluding hydrogens is 461 g/mol. The van der Waals surface area contributed by atoms with Gasteiger partial charge in [0, 0.05) is 29.0 Å². The Morgan fingerprint density at radius 3 is 2.50 bits per heavy atom. The molecule has 0 spiro atoms. The van der Waals surface area contributed by atoms with Crippen molar-refractivity contribution >= 4 is 11.8 Å². The lowest BCUT2D eigenvalue weighted by Crippen LogP contribution is -2.36. The van der Waals surface area contributed by atoms with Crippen LogP contribution in [0.25, 0.3) is 0 Å². The van der Waals surface area contributed by atoms with Crippen LogP contribution in [0.15, 0.2) is 65.0 Å². The van der Waals surface area contributed by atoms with Crippen LogP contribution in [0.2, 0.25) is 0 Å². The summed E-state index contributed by atoms with van der Waals surface area (Å²) in [7, 11) is 3.15. The molecule has 0 unspecified atom stereocenters. The second-order valence-electron chi connectivity index (χ2n) is 9.28. The highest BCUT2D eigenvalue weighted by molar-refractivity contribution is 6.04. The van der Waals surface area contributed by atoms with E-state index in [2.05, 4.69) is 5.32 Å². The van der Waals surface area contributed by atoms with Crippen LogP contribution in [-0.4, -0.2) is 32.1 Å². The summed E-state index contributed by atoms with van der Waals surface area (Å²) in [4.78, 5) is 27.0. The van der Waals surface area contributed by atoms with E-state index in [1.807, 2.05) is 32.0 Å². The van der Waals surface area contributed by atoms with Crippen molar-refractivity contribution in [2.45, 2.75) is 58.0 Å². The molecule has 1 aliphatic carbocycles. The van der Waals surface area contributed by atoms with Crippen molar-refractivity contribution in [3.63, 3.8) is 0 Å². The van der Waals surface area contributed by atoms with Crippen molar-refractivity contribution < 1.29 is 28.2 Å². The molecule has 0 bridgehead atoms. The second-order valence-corrected chi connectivity index (χ2v) is 9.28. The van der Waals surface area contributed by atoms with Crippen molar-refractivity contribution in [3.8, 4) is 11.5 Å². The minimum atomic E-state index is -0.835. The molecule has 2 aromatic carbocycles. The van der Waals surface area contributed by atoms with Gasteiger partial charge in [-0.3, -0.25) is 4.79 Å². The number of rotatable bonds is 7. The van der Waals surface area contributed by atoms with Crippen molar-refractivity contribution in [3.05, 3.63) is 81.9 Å². The van der Waals surface area contributed by atoms with Crippen molar-refractivity contribution in [2.75, 3.05) is 14.2 Å². The Hall–Kier alpha value is -3.61. The van der Waals surface area contributed by atoms with Gasteiger partial charge >= 0.3 is 5.97 Å². The summed E-state index contributed by atoms with van der Waals surface area (Å²) >= 11 is 0. The molecule has 6 nitrogen and oxygen atoms in total. The SMILES string of the molecule is CC[C@@H](C)OC(=O)C1=C(C)NC2=C(C(=O)C[C@H](c3ccc(OC)c(OC)c3)C2)[C@@H]1c1ccccc1F. The molecule has 0 aromatic heterocycles. The van der Waals surface area contributed by atoms with E-state index in [4.69, 9.17) is 14.2 Å². The minimum Gasteiger partial charge on any atom is -0.493 e. The average Bonchev–Trinajstić information content (AvgIpc) is 2.87. The highest BCUT2D eigenvalue weighted by Crippen LogP contribution is 2.47. The van der Waals surface area contributed by atoms with Gasteiger partial charge in [-0.2, -0.15) is 0 Å². The van der Waals surface area contributed by atoms with Gasteiger partial charge in [0.05, 0.1) is 31.8 Å². The number of ether oxygens (including phenoxy) is 3. The number of nitrogens with one attached hydrogen (secondary N) is 1. The van der Waals surface area contributed by atoms with Crippen LogP contribution in [-0.2, 0) is 14.3 Å². The van der Waals surface area contributed by atoms with Crippen molar-refractivity contribution in [1.29, 1.82) is 0 Å². The molecule has 190 valence electrons. The second kappa shape index (κ2) is 10.6. The first-order valence-corrected chi connectivity index (χ1v) is 12.2. The van der Waals surface area contributed by atoms with Crippen LogP contribution in [0.5, 0.6) is 11.5 Å². The van der Waals surface area contributed by atoms with Gasteiger partial charge in [0.15, 0.2) is 17.3 Å². The standard InChI is InChI=1S/C29H32FNO5/c1-6-16(2)36-29(33)26-17(3)31-22-13-19(18-11-12-24(34-4)25(15-18)35-5)14-23(32)28(22)27(26)20-9-7-8-10-21(20)30/h7-12,15-16,19,27,31H,6,13-14H2,1-5H3/t16-,19-,27-/m1/s1. The summed E-state index contributed by atoms with van der Waals surface area (Å²) in [6.07, 6.45) is 1.11. The molecule has 1 heterocycles. The lowest BCUT2D eigenvalue weighted by Gasteiger charge is -2.37. The fourth-order valence-electron chi connectivity index (χ4n) is 5.00. The summed E-state index contributed by atoms with van der Waals surface area (Å²) in [5.74, 6) is -0.866. The number of benzene rings is 2. The van der Waals surface area contributed by atoms with Crippen LogP contribution in [0.1, 0.15) is 63.0 Å². The number of dihydropyridines is 1. The summed E-state index contributed by atoms with van der Waals surface area (Å²) in [5.41, 5.74) is 3.21. The van der Waals surface area contributed by atoms with Gasteiger partial charge in [-0.15, -0.1) is 0 Å². The highest BCUT2D eigenvalue weighted by Gasteiger charge is 2.42. The number of carbonyl (C=O) groups is 2. The summed E-state index contributed by atoms with van der Waals surface area (Å²) < 4.78 is 31.5. The number of carbonyl (C=O) groups excluding carboxylic acids is 2. The fourth-order valence-corrected chi connectivity index (χ4v) is 5.00. The largest absolute Gasteiger partial charge is 0.493 e. The Morgan fingerprint density at radius 2 is 1.83 bits per heavy atom. The zero-order valence-electron chi connectivity index (χ0n) is 21.3. The molecule has 0 radical (unpaired) electrons. The molecule has 0 saturated carbocycles. The van der Waals surface area contributed by atoms with E-state index < -0.39 is 17.7 Å². The molecule has 0 amide bonds. The third-order valence-corrected chi connectivity index (χ3v) is 7.03. The molecule has 0 fully saturated rings. The third-order valence-electron chi connectivity index (χ3n) is 7.03. The zero-order valence-corrected chi connectivity index (χ0v) is 21.3. The number of esters is 1. The number of methoxy groups -OCH3 is 2. The van der Waals surface area contributed by atoms with Crippen LogP contribution < -0.4 is 14.8 Å². The molecule has 7 heteroatoms. The van der Waals surface area contributed by atoms with Gasteiger partial charge in [-0.1, -0.05) is 31.2 Å². The molecule has 3 atom stereocenters. The highest BCUT2D eigenvalue weighted by atomic mass is 19.1. The van der Waals surface area contributed by atoms with Crippen LogP contribution in [0, 0.1) is 5.82 Å².